The van der Waals surface area contributed by atoms with Gasteiger partial charge in [-0.1, -0.05) is 19.3 Å². The zero-order valence-corrected chi connectivity index (χ0v) is 15.9. The Kier molecular flexibility index (Phi) is 4.83. The first-order valence-corrected chi connectivity index (χ1v) is 9.97. The Morgan fingerprint density at radius 3 is 2.81 bits per heavy atom. The summed E-state index contributed by atoms with van der Waals surface area (Å²) < 4.78 is 1.92. The third-order valence-electron chi connectivity index (χ3n) is 5.96. The van der Waals surface area contributed by atoms with E-state index in [1.807, 2.05) is 30.9 Å². The number of carbonyl (C=O) groups excluding carboxylic acids is 1. The minimum atomic E-state index is 0.0528. The number of fused-ring (bicyclic) bond motifs is 1. The van der Waals surface area contributed by atoms with Gasteiger partial charge in [-0.2, -0.15) is 5.10 Å². The number of aryl methyl sites for hydroxylation is 2. The SMILES string of the molecule is Cc1nn(C)c2c(N3CCC[C@@H](C(=O)NC4CCCCC4)C3)nccc12. The first-order chi connectivity index (χ1) is 12.6. The van der Waals surface area contributed by atoms with Crippen LogP contribution in [0.1, 0.15) is 50.6 Å². The summed E-state index contributed by atoms with van der Waals surface area (Å²) in [5, 5.41) is 9.00. The maximum atomic E-state index is 12.8. The second-order valence-corrected chi connectivity index (χ2v) is 7.87. The number of piperidine rings is 1. The van der Waals surface area contributed by atoms with Crippen LogP contribution >= 0.6 is 0 Å². The topological polar surface area (TPSA) is 63.1 Å². The monoisotopic (exact) mass is 355 g/mol. The molecule has 3 heterocycles. The highest BCUT2D eigenvalue weighted by Crippen LogP contribution is 2.30. The zero-order valence-electron chi connectivity index (χ0n) is 15.9. The number of pyridine rings is 1. The highest BCUT2D eigenvalue weighted by Gasteiger charge is 2.29. The average Bonchev–Trinajstić information content (AvgIpc) is 2.97. The van der Waals surface area contributed by atoms with Gasteiger partial charge in [-0.25, -0.2) is 4.98 Å². The standard InChI is InChI=1S/C20H29N5O/c1-14-17-10-11-21-19(18(17)24(2)23-14)25-12-6-7-15(13-25)20(26)22-16-8-4-3-5-9-16/h10-11,15-16H,3-9,12-13H2,1-2H3,(H,22,26)/t15-/m1/s1. The molecule has 0 spiro atoms. The number of hydrogen-bond acceptors (Lipinski definition) is 4. The molecule has 2 fully saturated rings. The van der Waals surface area contributed by atoms with E-state index in [2.05, 4.69) is 20.3 Å². The predicted octanol–water partition coefficient (Wildman–Crippen LogP) is 2.94. The van der Waals surface area contributed by atoms with Crippen LogP contribution in [0.4, 0.5) is 5.82 Å². The molecule has 1 atom stereocenters. The van der Waals surface area contributed by atoms with Crippen molar-refractivity contribution in [1.82, 2.24) is 20.1 Å². The summed E-state index contributed by atoms with van der Waals surface area (Å²) in [6.45, 7) is 3.72. The molecule has 140 valence electrons. The lowest BCUT2D eigenvalue weighted by Crippen LogP contribution is -2.46. The van der Waals surface area contributed by atoms with E-state index in [1.165, 1.54) is 19.3 Å². The van der Waals surface area contributed by atoms with Crippen LogP contribution in [0.3, 0.4) is 0 Å². The van der Waals surface area contributed by atoms with Crippen LogP contribution in [-0.4, -0.2) is 39.8 Å². The van der Waals surface area contributed by atoms with Crippen LogP contribution in [0.25, 0.3) is 10.9 Å². The molecule has 0 unspecified atom stereocenters. The van der Waals surface area contributed by atoms with Crippen LogP contribution in [-0.2, 0) is 11.8 Å². The highest BCUT2D eigenvalue weighted by atomic mass is 16.2. The van der Waals surface area contributed by atoms with Gasteiger partial charge >= 0.3 is 0 Å². The molecule has 2 aromatic rings. The van der Waals surface area contributed by atoms with Crippen LogP contribution < -0.4 is 10.2 Å². The number of amides is 1. The second kappa shape index (κ2) is 7.25. The van der Waals surface area contributed by atoms with E-state index in [4.69, 9.17) is 0 Å². The van der Waals surface area contributed by atoms with Crippen LogP contribution in [0.2, 0.25) is 0 Å². The molecule has 1 saturated heterocycles. The summed E-state index contributed by atoms with van der Waals surface area (Å²) in [5.74, 6) is 1.24. The van der Waals surface area contributed by atoms with E-state index in [0.717, 1.165) is 61.2 Å². The molecule has 4 rings (SSSR count). The molecule has 0 bridgehead atoms. The second-order valence-electron chi connectivity index (χ2n) is 7.87. The van der Waals surface area contributed by atoms with Gasteiger partial charge in [-0.15, -0.1) is 0 Å². The van der Waals surface area contributed by atoms with Crippen LogP contribution in [0.15, 0.2) is 12.3 Å². The van der Waals surface area contributed by atoms with Gasteiger partial charge in [0.15, 0.2) is 5.82 Å². The summed E-state index contributed by atoms with van der Waals surface area (Å²) in [5.41, 5.74) is 2.09. The van der Waals surface area contributed by atoms with Crippen molar-refractivity contribution >= 4 is 22.6 Å². The molecule has 1 aliphatic heterocycles. The summed E-state index contributed by atoms with van der Waals surface area (Å²) in [7, 11) is 1.97. The zero-order chi connectivity index (χ0) is 18.1. The van der Waals surface area contributed by atoms with Gasteiger partial charge in [-0.05, 0) is 38.7 Å². The van der Waals surface area contributed by atoms with E-state index in [9.17, 15) is 4.79 Å². The Hall–Kier alpha value is -2.11. The fraction of sp³-hybridized carbons (Fsp3) is 0.650. The highest BCUT2D eigenvalue weighted by molar-refractivity contribution is 5.91. The largest absolute Gasteiger partial charge is 0.354 e. The normalized spacial score (nSPS) is 21.9. The minimum absolute atomic E-state index is 0.0528. The predicted molar refractivity (Wildman–Crippen MR) is 103 cm³/mol. The first kappa shape index (κ1) is 17.3. The van der Waals surface area contributed by atoms with Gasteiger partial charge in [0.1, 0.15) is 5.52 Å². The van der Waals surface area contributed by atoms with Crippen molar-refractivity contribution in [3.63, 3.8) is 0 Å². The Labute approximate surface area is 155 Å². The third kappa shape index (κ3) is 3.29. The number of nitrogens with zero attached hydrogens (tertiary/aromatic N) is 4. The number of carbonyl (C=O) groups is 1. The maximum absolute atomic E-state index is 12.8. The molecule has 26 heavy (non-hydrogen) atoms. The average molecular weight is 355 g/mol. The van der Waals surface area contributed by atoms with Crippen LogP contribution in [0, 0.1) is 12.8 Å². The van der Waals surface area contributed by atoms with E-state index in [1.54, 1.807) is 0 Å². The van der Waals surface area contributed by atoms with Gasteiger partial charge in [0.2, 0.25) is 5.91 Å². The maximum Gasteiger partial charge on any atom is 0.225 e. The van der Waals surface area contributed by atoms with Gasteiger partial charge < -0.3 is 10.2 Å². The molecule has 1 N–H and O–H groups in total. The summed E-state index contributed by atoms with van der Waals surface area (Å²) in [4.78, 5) is 19.7. The van der Waals surface area contributed by atoms with Crippen molar-refractivity contribution in [1.29, 1.82) is 0 Å². The molecule has 0 aromatic carbocycles. The van der Waals surface area contributed by atoms with Crippen LogP contribution in [0.5, 0.6) is 0 Å². The molecule has 2 aromatic heterocycles. The van der Waals surface area contributed by atoms with Crippen molar-refractivity contribution in [3.8, 4) is 0 Å². The van der Waals surface area contributed by atoms with E-state index in [-0.39, 0.29) is 11.8 Å². The minimum Gasteiger partial charge on any atom is -0.354 e. The van der Waals surface area contributed by atoms with E-state index < -0.39 is 0 Å². The van der Waals surface area contributed by atoms with Gasteiger partial charge in [0.25, 0.3) is 0 Å². The molecule has 2 aliphatic rings. The van der Waals surface area contributed by atoms with Crippen molar-refractivity contribution in [2.75, 3.05) is 18.0 Å². The fourth-order valence-corrected chi connectivity index (χ4v) is 4.56. The lowest BCUT2D eigenvalue weighted by atomic mass is 9.93. The Morgan fingerprint density at radius 2 is 2.00 bits per heavy atom. The molecule has 1 amide bonds. The number of rotatable bonds is 3. The van der Waals surface area contributed by atoms with E-state index in [0.29, 0.717) is 6.04 Å². The van der Waals surface area contributed by atoms with Crippen molar-refractivity contribution in [3.05, 3.63) is 18.0 Å². The van der Waals surface area contributed by atoms with E-state index >= 15 is 0 Å². The number of hydrogen-bond donors (Lipinski definition) is 1. The molecule has 1 aliphatic carbocycles. The molecular weight excluding hydrogens is 326 g/mol. The molecular formula is C20H29N5O. The summed E-state index contributed by atoms with van der Waals surface area (Å²) in [6.07, 6.45) is 9.92. The lowest BCUT2D eigenvalue weighted by Gasteiger charge is -2.34. The fourth-order valence-electron chi connectivity index (χ4n) is 4.56. The number of nitrogens with one attached hydrogen (secondary N) is 1. The number of anilines is 1. The third-order valence-corrected chi connectivity index (χ3v) is 5.96. The van der Waals surface area contributed by atoms with Crippen molar-refractivity contribution in [2.45, 2.75) is 57.9 Å². The Bertz CT molecular complexity index is 793. The van der Waals surface area contributed by atoms with Gasteiger partial charge in [-0.3, -0.25) is 9.48 Å². The van der Waals surface area contributed by atoms with Gasteiger partial charge in [0.05, 0.1) is 11.6 Å². The summed E-state index contributed by atoms with van der Waals surface area (Å²) >= 11 is 0. The lowest BCUT2D eigenvalue weighted by molar-refractivity contribution is -0.126. The molecule has 0 radical (unpaired) electrons. The molecule has 6 nitrogen and oxygen atoms in total. The number of aromatic nitrogens is 3. The Morgan fingerprint density at radius 1 is 1.19 bits per heavy atom. The quantitative estimate of drug-likeness (QED) is 0.919. The first-order valence-electron chi connectivity index (χ1n) is 9.97. The molecule has 1 saturated carbocycles. The summed E-state index contributed by atoms with van der Waals surface area (Å²) in [6, 6.07) is 2.41. The van der Waals surface area contributed by atoms with Gasteiger partial charge in [0, 0.05) is 37.8 Å². The Balaban J connectivity index is 1.51. The van der Waals surface area contributed by atoms with Crippen molar-refractivity contribution < 1.29 is 4.79 Å². The smallest absolute Gasteiger partial charge is 0.225 e. The molecule has 6 heteroatoms. The van der Waals surface area contributed by atoms with Crippen molar-refractivity contribution in [2.24, 2.45) is 13.0 Å².